The molecule has 1 amide bonds. The van der Waals surface area contributed by atoms with E-state index in [1.54, 1.807) is 0 Å². The van der Waals surface area contributed by atoms with Crippen LogP contribution in [-0.4, -0.2) is 18.2 Å². The number of amides is 1. The highest BCUT2D eigenvalue weighted by Crippen LogP contribution is 2.72. The second-order valence-corrected chi connectivity index (χ2v) is 9.91. The second-order valence-electron chi connectivity index (χ2n) is 9.91. The van der Waals surface area contributed by atoms with Crippen molar-refractivity contribution in [3.8, 4) is 12.3 Å². The summed E-state index contributed by atoms with van der Waals surface area (Å²) in [5.74, 6) is 3.92. The first-order chi connectivity index (χ1) is 14.1. The van der Waals surface area contributed by atoms with Gasteiger partial charge in [-0.2, -0.15) is 0 Å². The van der Waals surface area contributed by atoms with E-state index >= 15 is 0 Å². The number of allylic oxidation sites excluding steroid dienone is 2. The Morgan fingerprint density at radius 2 is 1.90 bits per heavy atom. The lowest BCUT2D eigenvalue weighted by atomic mass is 9.63. The molecule has 5 aliphatic carbocycles. The third-order valence-corrected chi connectivity index (χ3v) is 8.32. The molecule has 3 heteroatoms. The molecule has 5 aliphatic rings. The molecule has 3 nitrogen and oxygen atoms in total. The van der Waals surface area contributed by atoms with E-state index in [-0.39, 0.29) is 22.7 Å². The number of aliphatic imine (C=N–C) groups is 1. The van der Waals surface area contributed by atoms with Crippen LogP contribution in [0.15, 0.2) is 47.0 Å². The molecule has 0 spiro atoms. The predicted molar refractivity (Wildman–Crippen MR) is 116 cm³/mol. The van der Waals surface area contributed by atoms with E-state index in [0.717, 1.165) is 51.4 Å². The monoisotopic (exact) mass is 386 g/mol. The van der Waals surface area contributed by atoms with E-state index in [4.69, 9.17) is 12.2 Å². The molecule has 29 heavy (non-hydrogen) atoms. The van der Waals surface area contributed by atoms with Gasteiger partial charge < -0.3 is 5.73 Å². The molecule has 150 valence electrons. The van der Waals surface area contributed by atoms with Gasteiger partial charge in [-0.3, -0.25) is 4.79 Å². The summed E-state index contributed by atoms with van der Waals surface area (Å²) in [4.78, 5) is 18.1. The van der Waals surface area contributed by atoms with Gasteiger partial charge in [-0.25, -0.2) is 4.99 Å². The van der Waals surface area contributed by atoms with Gasteiger partial charge in [0.2, 0.25) is 0 Å². The highest BCUT2D eigenvalue weighted by Gasteiger charge is 2.69. The van der Waals surface area contributed by atoms with Crippen molar-refractivity contribution in [2.75, 3.05) is 0 Å². The molecule has 0 heterocycles. The van der Waals surface area contributed by atoms with Crippen molar-refractivity contribution in [3.63, 3.8) is 0 Å². The Kier molecular flexibility index (Phi) is 4.51. The molecule has 4 unspecified atom stereocenters. The third kappa shape index (κ3) is 2.92. The molecular weight excluding hydrogens is 356 g/mol. The van der Waals surface area contributed by atoms with Crippen LogP contribution in [0.25, 0.3) is 0 Å². The minimum Gasteiger partial charge on any atom is -0.328 e. The maximum absolute atomic E-state index is 13.5. The van der Waals surface area contributed by atoms with Gasteiger partial charge in [-0.1, -0.05) is 41.8 Å². The summed E-state index contributed by atoms with van der Waals surface area (Å²) >= 11 is 0. The topological polar surface area (TPSA) is 55.5 Å². The summed E-state index contributed by atoms with van der Waals surface area (Å²) in [5, 5.41) is 0. The van der Waals surface area contributed by atoms with Crippen LogP contribution >= 0.6 is 0 Å². The highest BCUT2D eigenvalue weighted by atomic mass is 16.1. The van der Waals surface area contributed by atoms with Gasteiger partial charge in [0.05, 0.1) is 5.41 Å². The molecule has 2 N–H and O–H groups in total. The number of nitrogens with zero attached hydrogens (tertiary/aromatic N) is 1. The Morgan fingerprint density at radius 3 is 2.62 bits per heavy atom. The summed E-state index contributed by atoms with van der Waals surface area (Å²) in [7, 11) is 0. The molecule has 0 aliphatic heterocycles. The first-order valence-corrected chi connectivity index (χ1v) is 11.1. The minimum atomic E-state index is -0.358. The summed E-state index contributed by atoms with van der Waals surface area (Å²) < 4.78 is 0. The average Bonchev–Trinajstić information content (AvgIpc) is 3.11. The van der Waals surface area contributed by atoms with E-state index in [0.29, 0.717) is 17.9 Å². The van der Waals surface area contributed by atoms with Crippen LogP contribution in [0, 0.1) is 35.5 Å². The van der Waals surface area contributed by atoms with Gasteiger partial charge in [0.1, 0.15) is 0 Å². The van der Waals surface area contributed by atoms with Crippen LogP contribution in [0.5, 0.6) is 0 Å². The van der Waals surface area contributed by atoms with Crippen molar-refractivity contribution in [1.29, 1.82) is 0 Å². The van der Waals surface area contributed by atoms with Crippen molar-refractivity contribution in [2.24, 2.45) is 33.9 Å². The van der Waals surface area contributed by atoms with Crippen LogP contribution in [0.3, 0.4) is 0 Å². The van der Waals surface area contributed by atoms with E-state index in [1.165, 1.54) is 11.1 Å². The predicted octanol–water partition coefficient (Wildman–Crippen LogP) is 4.42. The largest absolute Gasteiger partial charge is 0.328 e. The fraction of sp³-hybridized carbons (Fsp3) is 0.538. The Labute approximate surface area is 173 Å². The molecule has 4 atom stereocenters. The zero-order chi connectivity index (χ0) is 20.1. The van der Waals surface area contributed by atoms with Crippen molar-refractivity contribution >= 4 is 12.1 Å². The van der Waals surface area contributed by atoms with Crippen molar-refractivity contribution in [3.05, 3.63) is 47.5 Å². The Morgan fingerprint density at radius 1 is 1.14 bits per heavy atom. The normalized spacial score (nSPS) is 41.9. The molecule has 4 bridgehead atoms. The fourth-order valence-corrected chi connectivity index (χ4v) is 7.05. The lowest BCUT2D eigenvalue weighted by molar-refractivity contribution is -0.129. The van der Waals surface area contributed by atoms with E-state index in [1.807, 2.05) is 12.3 Å². The van der Waals surface area contributed by atoms with Crippen molar-refractivity contribution < 1.29 is 4.79 Å². The number of hydrogen-bond donors (Lipinski definition) is 1. The van der Waals surface area contributed by atoms with E-state index < -0.39 is 0 Å². The fourth-order valence-electron chi connectivity index (χ4n) is 7.05. The summed E-state index contributed by atoms with van der Waals surface area (Å²) in [6.45, 7) is 0. The average molecular weight is 387 g/mol. The molecule has 0 radical (unpaired) electrons. The van der Waals surface area contributed by atoms with Crippen LogP contribution in [0.4, 0.5) is 0 Å². The lowest BCUT2D eigenvalue weighted by Crippen LogP contribution is -2.37. The van der Waals surface area contributed by atoms with Gasteiger partial charge in [0.25, 0.3) is 5.91 Å². The summed E-state index contributed by atoms with van der Waals surface area (Å²) in [6, 6.07) is 11.1. The smallest absolute Gasteiger partial charge is 0.252 e. The van der Waals surface area contributed by atoms with Crippen molar-refractivity contribution in [2.45, 2.75) is 62.8 Å². The number of terminal acetylenes is 1. The second kappa shape index (κ2) is 6.96. The van der Waals surface area contributed by atoms with Crippen LogP contribution in [0.1, 0.15) is 56.9 Å². The summed E-state index contributed by atoms with van der Waals surface area (Å²) in [6.07, 6.45) is 17.7. The van der Waals surface area contributed by atoms with Crippen LogP contribution in [-0.2, 0) is 10.2 Å². The Hall–Kier alpha value is -2.18. The number of rotatable bonds is 3. The van der Waals surface area contributed by atoms with Gasteiger partial charge in [0, 0.05) is 12.3 Å². The molecular formula is C26H30N2O. The molecule has 0 aromatic heterocycles. The van der Waals surface area contributed by atoms with Gasteiger partial charge in [-0.05, 0) is 86.2 Å². The number of carbonyl (C=O) groups excluding carboxylic acids is 1. The third-order valence-electron chi connectivity index (χ3n) is 8.32. The molecule has 6 rings (SSSR count). The van der Waals surface area contributed by atoms with Crippen LogP contribution < -0.4 is 5.73 Å². The summed E-state index contributed by atoms with van der Waals surface area (Å²) in [5.41, 5.74) is 8.48. The first kappa shape index (κ1) is 18.8. The van der Waals surface area contributed by atoms with Gasteiger partial charge in [0.15, 0.2) is 0 Å². The maximum atomic E-state index is 13.5. The van der Waals surface area contributed by atoms with E-state index in [2.05, 4.69) is 41.2 Å². The maximum Gasteiger partial charge on any atom is 0.252 e. The molecule has 1 aromatic carbocycles. The number of nitrogens with two attached hydrogens (primary N) is 1. The standard InChI is InChI=1S/C26H30N2O/c1-2-6-22-19-13-25(20-7-4-3-5-8-20)15-23(22)26(14-19,17-25)24(29)28-16-18-9-11-21(27)12-10-18/h1,3-8,16,18-19,21,23H,9-15,17,27H2/b22-6-,28-16+. The molecule has 5 saturated carbocycles. The van der Waals surface area contributed by atoms with Crippen molar-refractivity contribution in [1.82, 2.24) is 0 Å². The zero-order valence-electron chi connectivity index (χ0n) is 17.0. The Balaban J connectivity index is 1.45. The highest BCUT2D eigenvalue weighted by molar-refractivity contribution is 5.92. The van der Waals surface area contributed by atoms with Crippen LogP contribution in [0.2, 0.25) is 0 Å². The minimum absolute atomic E-state index is 0.0975. The number of carbonyl (C=O) groups is 1. The quantitative estimate of drug-likeness (QED) is 0.618. The Bertz CT molecular complexity index is 902. The van der Waals surface area contributed by atoms with Gasteiger partial charge >= 0.3 is 0 Å². The molecule has 1 aromatic rings. The SMILES string of the molecule is C#C/C=C1/C2CC3(c4ccccc4)CC1C(C(=O)/N=C/C1CCC(N)CC1)(C2)C3. The van der Waals surface area contributed by atoms with E-state index in [9.17, 15) is 4.79 Å². The molecule has 0 saturated heterocycles. The molecule has 5 fully saturated rings. The number of benzene rings is 1. The number of hydrogen-bond acceptors (Lipinski definition) is 2. The first-order valence-electron chi connectivity index (χ1n) is 11.1. The van der Waals surface area contributed by atoms with Gasteiger partial charge in [-0.15, -0.1) is 6.42 Å². The zero-order valence-corrected chi connectivity index (χ0v) is 17.0. The lowest BCUT2D eigenvalue weighted by Gasteiger charge is -2.41.